The molecule has 1 saturated heterocycles. The predicted molar refractivity (Wildman–Crippen MR) is 59.3 cm³/mol. The Morgan fingerprint density at radius 1 is 1.33 bits per heavy atom. The Bertz CT molecular complexity index is 353. The van der Waals surface area contributed by atoms with Gasteiger partial charge in [-0.1, -0.05) is 20.8 Å². The van der Waals surface area contributed by atoms with Gasteiger partial charge in [0.15, 0.2) is 9.84 Å². The molecular weight excluding hydrogens is 214 g/mol. The predicted octanol–water partition coefficient (Wildman–Crippen LogP) is 0.678. The maximum absolute atomic E-state index is 11.9. The van der Waals surface area contributed by atoms with Crippen LogP contribution >= 0.6 is 0 Å². The summed E-state index contributed by atoms with van der Waals surface area (Å²) in [5, 5.41) is -0.371. The minimum Gasteiger partial charge on any atom is -0.341 e. The molecule has 1 fully saturated rings. The first-order chi connectivity index (χ1) is 6.62. The van der Waals surface area contributed by atoms with Crippen molar-refractivity contribution in [1.82, 2.24) is 4.90 Å². The third-order valence-corrected chi connectivity index (χ3v) is 4.28. The Kier molecular flexibility index (Phi) is 3.14. The van der Waals surface area contributed by atoms with Gasteiger partial charge in [0.25, 0.3) is 0 Å². The Balaban J connectivity index is 2.70. The molecule has 1 amide bonds. The molecule has 0 saturated carbocycles. The van der Waals surface area contributed by atoms with Crippen molar-refractivity contribution >= 4 is 15.7 Å². The zero-order valence-corrected chi connectivity index (χ0v) is 10.6. The molecule has 0 radical (unpaired) electrons. The Labute approximate surface area is 91.6 Å². The highest BCUT2D eigenvalue weighted by Crippen LogP contribution is 2.23. The van der Waals surface area contributed by atoms with Crippen LogP contribution in [-0.2, 0) is 14.6 Å². The molecule has 1 heterocycles. The van der Waals surface area contributed by atoms with Crippen LogP contribution in [0.15, 0.2) is 0 Å². The first-order valence-corrected chi connectivity index (χ1v) is 7.06. The summed E-state index contributed by atoms with van der Waals surface area (Å²) >= 11 is 0. The first kappa shape index (κ1) is 12.5. The summed E-state index contributed by atoms with van der Waals surface area (Å²) in [7, 11) is -3.01. The van der Waals surface area contributed by atoms with E-state index in [0.717, 1.165) is 0 Å². The quantitative estimate of drug-likeness (QED) is 0.669. The van der Waals surface area contributed by atoms with Gasteiger partial charge >= 0.3 is 0 Å². The second-order valence-corrected chi connectivity index (χ2v) is 7.57. The van der Waals surface area contributed by atoms with Gasteiger partial charge in [0.1, 0.15) is 0 Å². The van der Waals surface area contributed by atoms with Crippen LogP contribution in [0.1, 0.15) is 27.2 Å². The van der Waals surface area contributed by atoms with Crippen LogP contribution in [0.4, 0.5) is 0 Å². The minimum atomic E-state index is -3.01. The van der Waals surface area contributed by atoms with E-state index in [4.69, 9.17) is 0 Å². The van der Waals surface area contributed by atoms with Crippen LogP contribution in [0.3, 0.4) is 0 Å². The van der Waals surface area contributed by atoms with Crippen molar-refractivity contribution in [2.75, 3.05) is 19.3 Å². The SMILES string of the molecule is CC(C)(C)C(=O)N1CCC(S(C)(=O)=O)C1. The lowest BCUT2D eigenvalue weighted by Crippen LogP contribution is -2.39. The Morgan fingerprint density at radius 2 is 1.87 bits per heavy atom. The maximum atomic E-state index is 11.9. The number of hydrogen-bond donors (Lipinski definition) is 0. The number of sulfone groups is 1. The van der Waals surface area contributed by atoms with Gasteiger partial charge in [-0.05, 0) is 6.42 Å². The van der Waals surface area contributed by atoms with E-state index in [0.29, 0.717) is 19.5 Å². The molecule has 0 aromatic heterocycles. The average Bonchev–Trinajstić information content (AvgIpc) is 2.47. The van der Waals surface area contributed by atoms with Crippen molar-refractivity contribution in [2.45, 2.75) is 32.4 Å². The summed E-state index contributed by atoms with van der Waals surface area (Å²) in [5.41, 5.74) is -0.424. The molecule has 1 atom stereocenters. The minimum absolute atomic E-state index is 0.0358. The molecule has 1 aliphatic rings. The highest BCUT2D eigenvalue weighted by atomic mass is 32.2. The van der Waals surface area contributed by atoms with Crippen LogP contribution in [0.5, 0.6) is 0 Å². The van der Waals surface area contributed by atoms with Gasteiger partial charge in [0, 0.05) is 24.8 Å². The molecule has 0 aliphatic carbocycles. The lowest BCUT2D eigenvalue weighted by molar-refractivity contribution is -0.138. The number of carbonyl (C=O) groups excluding carboxylic acids is 1. The maximum Gasteiger partial charge on any atom is 0.227 e. The fourth-order valence-corrected chi connectivity index (χ4v) is 2.72. The van der Waals surface area contributed by atoms with Gasteiger partial charge in [0.05, 0.1) is 5.25 Å². The summed E-state index contributed by atoms with van der Waals surface area (Å²) in [5.74, 6) is 0.0358. The van der Waals surface area contributed by atoms with Crippen LogP contribution < -0.4 is 0 Å². The van der Waals surface area contributed by atoms with E-state index in [1.54, 1.807) is 4.90 Å². The van der Waals surface area contributed by atoms with Crippen LogP contribution in [0.25, 0.3) is 0 Å². The van der Waals surface area contributed by atoms with E-state index in [9.17, 15) is 13.2 Å². The summed E-state index contributed by atoms with van der Waals surface area (Å²) in [6.07, 6.45) is 1.81. The highest BCUT2D eigenvalue weighted by molar-refractivity contribution is 7.91. The first-order valence-electron chi connectivity index (χ1n) is 5.10. The van der Waals surface area contributed by atoms with Crippen LogP contribution in [-0.4, -0.2) is 43.8 Å². The van der Waals surface area contributed by atoms with Crippen LogP contribution in [0, 0.1) is 5.41 Å². The van der Waals surface area contributed by atoms with E-state index in [-0.39, 0.29) is 11.2 Å². The Morgan fingerprint density at radius 3 is 2.20 bits per heavy atom. The molecule has 88 valence electrons. The fraction of sp³-hybridized carbons (Fsp3) is 0.900. The molecular formula is C10H19NO3S. The molecule has 1 unspecified atom stereocenters. The summed E-state index contributed by atoms with van der Waals surface area (Å²) in [6.45, 7) is 6.47. The van der Waals surface area contributed by atoms with Crippen molar-refractivity contribution < 1.29 is 13.2 Å². The number of rotatable bonds is 1. The van der Waals surface area contributed by atoms with E-state index in [1.807, 2.05) is 20.8 Å². The summed E-state index contributed by atoms with van der Waals surface area (Å²) < 4.78 is 22.6. The molecule has 5 heteroatoms. The topological polar surface area (TPSA) is 54.5 Å². The molecule has 15 heavy (non-hydrogen) atoms. The molecule has 4 nitrogen and oxygen atoms in total. The molecule has 0 spiro atoms. The molecule has 1 aliphatic heterocycles. The number of amides is 1. The third-order valence-electron chi connectivity index (χ3n) is 2.68. The number of carbonyl (C=O) groups is 1. The molecule has 0 bridgehead atoms. The Hall–Kier alpha value is -0.580. The largest absolute Gasteiger partial charge is 0.341 e. The molecule has 0 N–H and O–H groups in total. The monoisotopic (exact) mass is 233 g/mol. The highest BCUT2D eigenvalue weighted by Gasteiger charge is 2.36. The van der Waals surface area contributed by atoms with Gasteiger partial charge in [-0.3, -0.25) is 4.79 Å². The number of hydrogen-bond acceptors (Lipinski definition) is 3. The number of likely N-dealkylation sites (tertiary alicyclic amines) is 1. The van der Waals surface area contributed by atoms with Gasteiger partial charge in [-0.15, -0.1) is 0 Å². The molecule has 1 rings (SSSR count). The van der Waals surface area contributed by atoms with Gasteiger partial charge in [0.2, 0.25) is 5.91 Å². The van der Waals surface area contributed by atoms with E-state index < -0.39 is 15.3 Å². The van der Waals surface area contributed by atoms with E-state index in [1.165, 1.54) is 6.26 Å². The van der Waals surface area contributed by atoms with Gasteiger partial charge in [-0.25, -0.2) is 8.42 Å². The van der Waals surface area contributed by atoms with Crippen molar-refractivity contribution in [3.63, 3.8) is 0 Å². The average molecular weight is 233 g/mol. The second kappa shape index (κ2) is 3.77. The van der Waals surface area contributed by atoms with Gasteiger partial charge < -0.3 is 4.90 Å². The van der Waals surface area contributed by atoms with Gasteiger partial charge in [-0.2, -0.15) is 0 Å². The van der Waals surface area contributed by atoms with Crippen molar-refractivity contribution in [3.8, 4) is 0 Å². The van der Waals surface area contributed by atoms with Crippen molar-refractivity contribution in [1.29, 1.82) is 0 Å². The third kappa shape index (κ3) is 2.93. The molecule has 0 aromatic rings. The summed E-state index contributed by atoms with van der Waals surface area (Å²) in [6, 6.07) is 0. The summed E-state index contributed by atoms with van der Waals surface area (Å²) in [4.78, 5) is 13.5. The van der Waals surface area contributed by atoms with Crippen molar-refractivity contribution in [3.05, 3.63) is 0 Å². The van der Waals surface area contributed by atoms with E-state index in [2.05, 4.69) is 0 Å². The zero-order chi connectivity index (χ0) is 11.9. The number of nitrogens with zero attached hydrogens (tertiary/aromatic N) is 1. The zero-order valence-electron chi connectivity index (χ0n) is 9.78. The fourth-order valence-electron chi connectivity index (χ4n) is 1.74. The lowest BCUT2D eigenvalue weighted by atomic mass is 9.95. The smallest absolute Gasteiger partial charge is 0.227 e. The molecule has 0 aromatic carbocycles. The standard InChI is InChI=1S/C10H19NO3S/c1-10(2,3)9(12)11-6-5-8(7-11)15(4,13)14/h8H,5-7H2,1-4H3. The normalized spacial score (nSPS) is 23.2. The second-order valence-electron chi connectivity index (χ2n) is 5.24. The van der Waals surface area contributed by atoms with Crippen LogP contribution in [0.2, 0.25) is 0 Å². The lowest BCUT2D eigenvalue weighted by Gasteiger charge is -2.25. The van der Waals surface area contributed by atoms with E-state index >= 15 is 0 Å². The van der Waals surface area contributed by atoms with Crippen molar-refractivity contribution in [2.24, 2.45) is 5.41 Å².